The highest BCUT2D eigenvalue weighted by Gasteiger charge is 2.21. The number of carbonyl (C=O) groups excluding carboxylic acids is 1. The van der Waals surface area contributed by atoms with Crippen LogP contribution >= 0.6 is 11.3 Å². The normalized spacial score (nSPS) is 18.4. The molecule has 0 unspecified atom stereocenters. The first-order valence-corrected chi connectivity index (χ1v) is 10.7. The lowest BCUT2D eigenvalue weighted by atomic mass is 10.00. The van der Waals surface area contributed by atoms with Gasteiger partial charge in [0.1, 0.15) is 0 Å². The maximum Gasteiger partial charge on any atom is 0.264 e. The van der Waals surface area contributed by atoms with E-state index >= 15 is 0 Å². The van der Waals surface area contributed by atoms with E-state index in [0.717, 1.165) is 50.6 Å². The Morgan fingerprint density at radius 1 is 1.19 bits per heavy atom. The summed E-state index contributed by atoms with van der Waals surface area (Å²) < 4.78 is 5.39. The number of hydrogen-bond donors (Lipinski definition) is 0. The fraction of sp³-hybridized carbons (Fsp3) is 0.700. The van der Waals surface area contributed by atoms with Crippen LogP contribution in [-0.2, 0) is 17.6 Å². The van der Waals surface area contributed by atoms with Crippen LogP contribution in [0.15, 0.2) is 6.07 Å². The van der Waals surface area contributed by atoms with Crippen LogP contribution in [-0.4, -0.2) is 61.6 Å². The highest BCUT2D eigenvalue weighted by atomic mass is 32.1. The second-order valence-corrected chi connectivity index (χ2v) is 8.26. The summed E-state index contributed by atoms with van der Waals surface area (Å²) in [5, 5.41) is 8.97. The van der Waals surface area contributed by atoms with Crippen LogP contribution in [0.25, 0.3) is 0 Å². The third-order valence-electron chi connectivity index (χ3n) is 5.28. The number of rotatable bonds is 6. The molecule has 1 aromatic rings. The number of morpholine rings is 1. The maximum absolute atomic E-state index is 13.1. The number of aryl methyl sites for hydroxylation is 2. The number of nitrogens with zero attached hydrogens (tertiary/aromatic N) is 3. The van der Waals surface area contributed by atoms with Crippen molar-refractivity contribution in [1.29, 1.82) is 5.26 Å². The predicted molar refractivity (Wildman–Crippen MR) is 104 cm³/mol. The molecule has 0 N–H and O–H groups in total. The largest absolute Gasteiger partial charge is 0.379 e. The smallest absolute Gasteiger partial charge is 0.264 e. The molecule has 6 heteroatoms. The molecule has 26 heavy (non-hydrogen) atoms. The lowest BCUT2D eigenvalue weighted by Gasteiger charge is -2.29. The monoisotopic (exact) mass is 375 g/mol. The molecule has 2 aliphatic rings. The minimum atomic E-state index is 0.102. The Hall–Kier alpha value is -1.42. The van der Waals surface area contributed by atoms with Gasteiger partial charge in [0.2, 0.25) is 0 Å². The van der Waals surface area contributed by atoms with Gasteiger partial charge in [0, 0.05) is 37.6 Å². The summed E-state index contributed by atoms with van der Waals surface area (Å²) in [5.74, 6) is 0.102. The number of thiophene rings is 1. The topological polar surface area (TPSA) is 56.6 Å². The molecule has 0 atom stereocenters. The molecule has 0 spiro atoms. The number of ether oxygens (including phenoxy) is 1. The molecule has 142 valence electrons. The van der Waals surface area contributed by atoms with Crippen LogP contribution in [0.1, 0.15) is 52.2 Å². The van der Waals surface area contributed by atoms with E-state index in [1.165, 1.54) is 36.1 Å². The molecule has 1 aliphatic heterocycles. The standard InChI is InChI=1S/C20H29N3O2S/c21-8-5-9-23(11-10-22-12-14-25-15-13-22)20(24)19-16-17-6-3-1-2-4-7-18(17)26-19/h16H,1-7,9-15H2. The quantitative estimate of drug-likeness (QED) is 0.767. The highest BCUT2D eigenvalue weighted by molar-refractivity contribution is 7.14. The zero-order valence-corrected chi connectivity index (χ0v) is 16.4. The van der Waals surface area contributed by atoms with Crippen LogP contribution in [0.4, 0.5) is 0 Å². The van der Waals surface area contributed by atoms with Gasteiger partial charge in [-0.05, 0) is 37.3 Å². The second kappa shape index (κ2) is 10.1. The molecular formula is C20H29N3O2S. The molecule has 1 aromatic heterocycles. The molecule has 1 aliphatic carbocycles. The van der Waals surface area contributed by atoms with E-state index in [9.17, 15) is 4.79 Å². The van der Waals surface area contributed by atoms with Crippen molar-refractivity contribution in [3.05, 3.63) is 21.4 Å². The van der Waals surface area contributed by atoms with Gasteiger partial charge >= 0.3 is 0 Å². The van der Waals surface area contributed by atoms with E-state index in [1.807, 2.05) is 4.90 Å². The van der Waals surface area contributed by atoms with Gasteiger partial charge in [0.15, 0.2) is 0 Å². The van der Waals surface area contributed by atoms with Crippen molar-refractivity contribution in [2.45, 2.75) is 44.9 Å². The SMILES string of the molecule is N#CCCN(CCN1CCOCC1)C(=O)c1cc2c(s1)CCCCCC2. The number of hydrogen-bond acceptors (Lipinski definition) is 5. The number of fused-ring (bicyclic) bond motifs is 1. The minimum absolute atomic E-state index is 0.102. The summed E-state index contributed by atoms with van der Waals surface area (Å²) in [7, 11) is 0. The number of carbonyl (C=O) groups is 1. The first kappa shape index (κ1) is 19.3. The van der Waals surface area contributed by atoms with Crippen molar-refractivity contribution in [1.82, 2.24) is 9.80 Å². The first-order valence-electron chi connectivity index (χ1n) is 9.86. The molecule has 1 saturated heterocycles. The Balaban J connectivity index is 1.65. The third kappa shape index (κ3) is 5.29. The van der Waals surface area contributed by atoms with Crippen LogP contribution in [0.2, 0.25) is 0 Å². The Bertz CT molecular complexity index is 606. The lowest BCUT2D eigenvalue weighted by Crippen LogP contribution is -2.43. The minimum Gasteiger partial charge on any atom is -0.379 e. The van der Waals surface area contributed by atoms with Crippen LogP contribution in [0.5, 0.6) is 0 Å². The number of nitriles is 1. The average molecular weight is 376 g/mol. The van der Waals surface area contributed by atoms with E-state index in [0.29, 0.717) is 19.5 Å². The molecule has 0 aromatic carbocycles. The van der Waals surface area contributed by atoms with Gasteiger partial charge in [-0.3, -0.25) is 9.69 Å². The van der Waals surface area contributed by atoms with Crippen molar-refractivity contribution in [2.24, 2.45) is 0 Å². The van der Waals surface area contributed by atoms with Gasteiger partial charge in [-0.25, -0.2) is 0 Å². The Labute approximate surface area is 160 Å². The highest BCUT2D eigenvalue weighted by Crippen LogP contribution is 2.29. The van der Waals surface area contributed by atoms with Crippen LogP contribution in [0.3, 0.4) is 0 Å². The van der Waals surface area contributed by atoms with Crippen molar-refractivity contribution < 1.29 is 9.53 Å². The van der Waals surface area contributed by atoms with Crippen LogP contribution in [0, 0.1) is 11.3 Å². The Morgan fingerprint density at radius 3 is 2.73 bits per heavy atom. The zero-order chi connectivity index (χ0) is 18.2. The van der Waals surface area contributed by atoms with Crippen molar-refractivity contribution >= 4 is 17.2 Å². The molecule has 1 amide bonds. The predicted octanol–water partition coefficient (Wildman–Crippen LogP) is 3.10. The first-order chi connectivity index (χ1) is 12.8. The molecule has 2 heterocycles. The van der Waals surface area contributed by atoms with E-state index in [1.54, 1.807) is 11.3 Å². The van der Waals surface area contributed by atoms with E-state index in [2.05, 4.69) is 17.0 Å². The summed E-state index contributed by atoms with van der Waals surface area (Å²) in [6, 6.07) is 4.31. The summed E-state index contributed by atoms with van der Waals surface area (Å²) in [4.78, 5) is 19.6. The van der Waals surface area contributed by atoms with E-state index < -0.39 is 0 Å². The Morgan fingerprint density at radius 2 is 1.96 bits per heavy atom. The molecule has 0 bridgehead atoms. The van der Waals surface area contributed by atoms with Crippen LogP contribution < -0.4 is 0 Å². The second-order valence-electron chi connectivity index (χ2n) is 7.13. The fourth-order valence-corrected chi connectivity index (χ4v) is 4.91. The molecule has 1 fully saturated rings. The van der Waals surface area contributed by atoms with Crippen molar-refractivity contribution in [2.75, 3.05) is 45.9 Å². The van der Waals surface area contributed by atoms with Crippen molar-refractivity contribution in [3.63, 3.8) is 0 Å². The maximum atomic E-state index is 13.1. The molecular weight excluding hydrogens is 346 g/mol. The van der Waals surface area contributed by atoms with Gasteiger partial charge in [0.25, 0.3) is 5.91 Å². The summed E-state index contributed by atoms with van der Waals surface area (Å²) in [5.41, 5.74) is 1.38. The lowest BCUT2D eigenvalue weighted by molar-refractivity contribution is 0.0327. The van der Waals surface area contributed by atoms with Gasteiger partial charge in [0.05, 0.1) is 30.6 Å². The summed E-state index contributed by atoms with van der Waals surface area (Å²) in [6.45, 7) is 5.44. The van der Waals surface area contributed by atoms with E-state index in [4.69, 9.17) is 10.00 Å². The fourth-order valence-electron chi connectivity index (χ4n) is 3.69. The average Bonchev–Trinajstić information content (AvgIpc) is 3.04. The molecule has 0 radical (unpaired) electrons. The Kier molecular flexibility index (Phi) is 7.48. The van der Waals surface area contributed by atoms with Gasteiger partial charge in [-0.15, -0.1) is 11.3 Å². The van der Waals surface area contributed by atoms with Crippen molar-refractivity contribution in [3.8, 4) is 6.07 Å². The van der Waals surface area contributed by atoms with Gasteiger partial charge in [-0.1, -0.05) is 12.8 Å². The zero-order valence-electron chi connectivity index (χ0n) is 15.5. The molecule has 3 rings (SSSR count). The van der Waals surface area contributed by atoms with Gasteiger partial charge < -0.3 is 9.64 Å². The van der Waals surface area contributed by atoms with E-state index in [-0.39, 0.29) is 5.91 Å². The molecule has 5 nitrogen and oxygen atoms in total. The molecule has 0 saturated carbocycles. The van der Waals surface area contributed by atoms with Gasteiger partial charge in [-0.2, -0.15) is 5.26 Å². The third-order valence-corrected chi connectivity index (χ3v) is 6.50. The summed E-state index contributed by atoms with van der Waals surface area (Å²) in [6.07, 6.45) is 7.66. The summed E-state index contributed by atoms with van der Waals surface area (Å²) >= 11 is 1.68. The number of amides is 1.